The van der Waals surface area contributed by atoms with Crippen molar-refractivity contribution < 1.29 is 4.79 Å². The molecular formula is C25H43NO. The van der Waals surface area contributed by atoms with Crippen LogP contribution in [0.2, 0.25) is 0 Å². The van der Waals surface area contributed by atoms with Crippen LogP contribution < -0.4 is 0 Å². The average Bonchev–Trinajstić information content (AvgIpc) is 3.01. The second-order valence-electron chi connectivity index (χ2n) is 11.3. The fourth-order valence-corrected chi connectivity index (χ4v) is 8.42. The van der Waals surface area contributed by atoms with Gasteiger partial charge in [0.1, 0.15) is 0 Å². The van der Waals surface area contributed by atoms with E-state index in [0.717, 1.165) is 49.0 Å². The Hall–Kier alpha value is -0.530. The van der Waals surface area contributed by atoms with E-state index in [4.69, 9.17) is 0 Å². The van der Waals surface area contributed by atoms with Gasteiger partial charge in [-0.05, 0) is 105 Å². The number of rotatable bonds is 4. The molecule has 2 heteroatoms. The highest BCUT2D eigenvalue weighted by molar-refractivity contribution is 5.75. The van der Waals surface area contributed by atoms with Crippen LogP contribution >= 0.6 is 0 Å². The van der Waals surface area contributed by atoms with Crippen molar-refractivity contribution in [2.45, 2.75) is 97.8 Å². The highest BCUT2D eigenvalue weighted by Crippen LogP contribution is 2.67. The number of carbonyl (C=O) groups is 1. The molecule has 7 atom stereocenters. The van der Waals surface area contributed by atoms with Crippen molar-refractivity contribution in [1.82, 2.24) is 4.90 Å². The van der Waals surface area contributed by atoms with Gasteiger partial charge >= 0.3 is 0 Å². The first-order chi connectivity index (χ1) is 12.9. The van der Waals surface area contributed by atoms with Gasteiger partial charge in [-0.25, -0.2) is 0 Å². The Morgan fingerprint density at radius 3 is 2.63 bits per heavy atom. The van der Waals surface area contributed by atoms with Crippen LogP contribution in [-0.2, 0) is 4.79 Å². The van der Waals surface area contributed by atoms with E-state index in [1.165, 1.54) is 64.2 Å². The molecule has 0 aromatic rings. The number of fused-ring (bicyclic) bond motifs is 5. The second kappa shape index (κ2) is 7.38. The molecule has 1 amide bonds. The molecule has 4 saturated carbocycles. The summed E-state index contributed by atoms with van der Waals surface area (Å²) in [6.07, 6.45) is 16.7. The molecule has 4 rings (SSSR count). The van der Waals surface area contributed by atoms with Crippen LogP contribution in [-0.4, -0.2) is 24.4 Å². The largest absolute Gasteiger partial charge is 0.346 e. The van der Waals surface area contributed by atoms with Crippen molar-refractivity contribution >= 4 is 5.91 Å². The lowest BCUT2D eigenvalue weighted by Gasteiger charge is -2.60. The summed E-state index contributed by atoms with van der Waals surface area (Å²) in [7, 11) is 1.95. The van der Waals surface area contributed by atoms with Crippen LogP contribution in [0, 0.1) is 40.4 Å². The minimum Gasteiger partial charge on any atom is -0.346 e. The second-order valence-corrected chi connectivity index (χ2v) is 11.3. The van der Waals surface area contributed by atoms with Crippen LogP contribution in [0.15, 0.2) is 0 Å². The average molecular weight is 374 g/mol. The summed E-state index contributed by atoms with van der Waals surface area (Å²) in [4.78, 5) is 14.2. The zero-order valence-corrected chi connectivity index (χ0v) is 18.4. The normalized spacial score (nSPS) is 46.3. The Morgan fingerprint density at radius 1 is 1.04 bits per heavy atom. The van der Waals surface area contributed by atoms with Crippen molar-refractivity contribution in [3.8, 4) is 0 Å². The lowest BCUT2D eigenvalue weighted by Crippen LogP contribution is -2.51. The minimum absolute atomic E-state index is 0.352. The summed E-state index contributed by atoms with van der Waals surface area (Å²) < 4.78 is 0. The molecule has 0 saturated heterocycles. The smallest absolute Gasteiger partial charge is 0.222 e. The summed E-state index contributed by atoms with van der Waals surface area (Å²) in [5, 5.41) is 0. The quantitative estimate of drug-likeness (QED) is 0.567. The Bertz CT molecular complexity index is 559. The number of hydrogen-bond donors (Lipinski definition) is 0. The van der Waals surface area contributed by atoms with Gasteiger partial charge in [-0.2, -0.15) is 0 Å². The molecule has 27 heavy (non-hydrogen) atoms. The van der Waals surface area contributed by atoms with Crippen LogP contribution in [0.5, 0.6) is 0 Å². The molecule has 0 radical (unpaired) electrons. The van der Waals surface area contributed by atoms with E-state index in [1.807, 2.05) is 11.9 Å². The molecule has 2 nitrogen and oxygen atoms in total. The molecule has 0 N–H and O–H groups in total. The molecule has 4 aliphatic rings. The summed E-state index contributed by atoms with van der Waals surface area (Å²) in [5.41, 5.74) is 1.23. The van der Waals surface area contributed by atoms with Crippen molar-refractivity contribution in [2.24, 2.45) is 40.4 Å². The maximum atomic E-state index is 12.3. The molecule has 0 spiro atoms. The third kappa shape index (κ3) is 3.38. The highest BCUT2D eigenvalue weighted by atomic mass is 16.2. The molecule has 0 aromatic heterocycles. The molecule has 0 aliphatic heterocycles. The van der Waals surface area contributed by atoms with Gasteiger partial charge < -0.3 is 4.90 Å². The third-order valence-electron chi connectivity index (χ3n) is 10.1. The van der Waals surface area contributed by atoms with Gasteiger partial charge in [0.2, 0.25) is 5.91 Å². The standard InChI is InChI=1S/C25H43NO/c1-5-26(4)23(27)12-9-18-16-22-20-11-10-19-8-6-7-14-25(19,3)21(20)13-15-24(22,2)17-18/h18-22H,5-17H2,1-4H3/t18?,19?,20-,21-,22+,24-,25+/m1/s1. The van der Waals surface area contributed by atoms with E-state index in [1.54, 1.807) is 0 Å². The summed E-state index contributed by atoms with van der Waals surface area (Å²) in [5.74, 6) is 5.11. The third-order valence-corrected chi connectivity index (χ3v) is 10.1. The van der Waals surface area contributed by atoms with Crippen LogP contribution in [0.25, 0.3) is 0 Å². The van der Waals surface area contributed by atoms with Crippen molar-refractivity contribution in [3.63, 3.8) is 0 Å². The molecule has 0 aromatic carbocycles. The van der Waals surface area contributed by atoms with Crippen LogP contribution in [0.3, 0.4) is 0 Å². The first-order valence-electron chi connectivity index (χ1n) is 12.1. The number of amides is 1. The van der Waals surface area contributed by atoms with Gasteiger partial charge in [0, 0.05) is 20.0 Å². The van der Waals surface area contributed by atoms with E-state index < -0.39 is 0 Å². The molecular weight excluding hydrogens is 330 g/mol. The fourth-order valence-electron chi connectivity index (χ4n) is 8.42. The number of hydrogen-bond acceptors (Lipinski definition) is 1. The Balaban J connectivity index is 1.44. The van der Waals surface area contributed by atoms with Crippen molar-refractivity contribution in [2.75, 3.05) is 13.6 Å². The molecule has 4 fully saturated rings. The predicted octanol–water partition coefficient (Wildman–Crippen LogP) is 6.29. The number of carbonyl (C=O) groups excluding carboxylic acids is 1. The first kappa shape index (κ1) is 19.8. The van der Waals surface area contributed by atoms with Gasteiger partial charge in [-0.15, -0.1) is 0 Å². The highest BCUT2D eigenvalue weighted by Gasteiger charge is 2.58. The monoisotopic (exact) mass is 373 g/mol. The zero-order chi connectivity index (χ0) is 19.2. The molecule has 4 aliphatic carbocycles. The molecule has 2 unspecified atom stereocenters. The van der Waals surface area contributed by atoms with Gasteiger partial charge in [0.05, 0.1) is 0 Å². The Labute approximate surface area is 167 Å². The summed E-state index contributed by atoms with van der Waals surface area (Å²) in [6.45, 7) is 8.21. The Kier molecular flexibility index (Phi) is 5.40. The van der Waals surface area contributed by atoms with Gasteiger partial charge in [0.25, 0.3) is 0 Å². The molecule has 0 bridgehead atoms. The summed E-state index contributed by atoms with van der Waals surface area (Å²) in [6, 6.07) is 0. The maximum absolute atomic E-state index is 12.3. The Morgan fingerprint density at radius 2 is 1.85 bits per heavy atom. The van der Waals surface area contributed by atoms with Gasteiger partial charge in [-0.1, -0.05) is 26.7 Å². The predicted molar refractivity (Wildman–Crippen MR) is 112 cm³/mol. The maximum Gasteiger partial charge on any atom is 0.222 e. The lowest BCUT2D eigenvalue weighted by atomic mass is 9.45. The lowest BCUT2D eigenvalue weighted by molar-refractivity contribution is -0.130. The van der Waals surface area contributed by atoms with Crippen LogP contribution in [0.1, 0.15) is 97.8 Å². The number of nitrogens with zero attached hydrogens (tertiary/aromatic N) is 1. The topological polar surface area (TPSA) is 20.3 Å². The van der Waals surface area contributed by atoms with E-state index in [-0.39, 0.29) is 0 Å². The van der Waals surface area contributed by atoms with Gasteiger partial charge in [0.15, 0.2) is 0 Å². The SMILES string of the molecule is CCN(C)C(=O)CCC1C[C@H]2[C@@H]3CCC4CCCC[C@]4(C)[C@@H]3CC[C@]2(C)C1. The van der Waals surface area contributed by atoms with Crippen molar-refractivity contribution in [3.05, 3.63) is 0 Å². The molecule has 154 valence electrons. The van der Waals surface area contributed by atoms with E-state index in [0.29, 0.717) is 16.7 Å². The zero-order valence-electron chi connectivity index (χ0n) is 18.4. The first-order valence-corrected chi connectivity index (χ1v) is 12.1. The summed E-state index contributed by atoms with van der Waals surface area (Å²) >= 11 is 0. The molecule has 0 heterocycles. The van der Waals surface area contributed by atoms with E-state index in [2.05, 4.69) is 20.8 Å². The fraction of sp³-hybridized carbons (Fsp3) is 0.960. The van der Waals surface area contributed by atoms with E-state index in [9.17, 15) is 4.79 Å². The van der Waals surface area contributed by atoms with Crippen molar-refractivity contribution in [1.29, 1.82) is 0 Å². The minimum atomic E-state index is 0.352. The van der Waals surface area contributed by atoms with Gasteiger partial charge in [-0.3, -0.25) is 4.79 Å². The van der Waals surface area contributed by atoms with Crippen LogP contribution in [0.4, 0.5) is 0 Å². The van der Waals surface area contributed by atoms with E-state index >= 15 is 0 Å².